The highest BCUT2D eigenvalue weighted by Gasteiger charge is 2.28. The number of rotatable bonds is 6. The summed E-state index contributed by atoms with van der Waals surface area (Å²) in [5.74, 6) is 0.207. The second-order valence-electron chi connectivity index (χ2n) is 12.4. The molecule has 13 heteroatoms. The number of carbonyl (C=O) groups is 1. The molecule has 2 fully saturated rings. The molecule has 1 aromatic carbocycles. The average Bonchev–Trinajstić information content (AvgIpc) is 3.52. The Morgan fingerprint density at radius 2 is 1.80 bits per heavy atom. The van der Waals surface area contributed by atoms with E-state index in [1.165, 1.54) is 22.9 Å². The molecule has 0 radical (unpaired) electrons. The van der Waals surface area contributed by atoms with Crippen LogP contribution < -0.4 is 10.5 Å². The zero-order valence-corrected chi connectivity index (χ0v) is 25.7. The first-order valence-electron chi connectivity index (χ1n) is 15.2. The van der Waals surface area contributed by atoms with Crippen molar-refractivity contribution in [1.82, 2.24) is 34.4 Å². The van der Waals surface area contributed by atoms with Crippen LogP contribution >= 0.6 is 0 Å². The van der Waals surface area contributed by atoms with Crippen molar-refractivity contribution in [3.8, 4) is 22.4 Å². The standard InChI is InChI=1S/C32H37FN8O4/c1-32(2,3)45-31(43)38-11-9-26(10-12-38)40-19-24(18-36-40)23-16-34-30(35-17-23)39-13-14-44-27(20-39)21-41-29(42)8-7-28(37-41)22-5-4-6-25(33)15-22/h4-8,15-19,26-27H,9-14,20-21H2,1-3H3/t27-/m0/s1. The molecule has 0 spiro atoms. The lowest BCUT2D eigenvalue weighted by atomic mass is 10.1. The van der Waals surface area contributed by atoms with E-state index in [-0.39, 0.29) is 36.2 Å². The van der Waals surface area contributed by atoms with E-state index < -0.39 is 5.60 Å². The molecular weight excluding hydrogens is 579 g/mol. The molecule has 0 unspecified atom stereocenters. The highest BCUT2D eigenvalue weighted by molar-refractivity contribution is 5.68. The normalized spacial score (nSPS) is 17.8. The van der Waals surface area contributed by atoms with Gasteiger partial charge >= 0.3 is 6.09 Å². The number of carbonyl (C=O) groups excluding carboxylic acids is 1. The molecule has 5 heterocycles. The lowest BCUT2D eigenvalue weighted by molar-refractivity contribution is 0.0184. The van der Waals surface area contributed by atoms with Crippen molar-refractivity contribution >= 4 is 12.0 Å². The first-order valence-corrected chi connectivity index (χ1v) is 15.2. The van der Waals surface area contributed by atoms with Crippen molar-refractivity contribution in [3.05, 3.63) is 77.4 Å². The highest BCUT2D eigenvalue weighted by Crippen LogP contribution is 2.27. The van der Waals surface area contributed by atoms with Gasteiger partial charge in [0.1, 0.15) is 11.4 Å². The summed E-state index contributed by atoms with van der Waals surface area (Å²) >= 11 is 0. The van der Waals surface area contributed by atoms with Crippen LogP contribution in [0.15, 0.2) is 66.0 Å². The maximum atomic E-state index is 13.7. The van der Waals surface area contributed by atoms with Crippen LogP contribution in [0.3, 0.4) is 0 Å². The Kier molecular flexibility index (Phi) is 8.61. The number of halogens is 1. The largest absolute Gasteiger partial charge is 0.444 e. The van der Waals surface area contributed by atoms with E-state index in [4.69, 9.17) is 9.47 Å². The molecule has 236 valence electrons. The van der Waals surface area contributed by atoms with Gasteiger partial charge in [-0.25, -0.2) is 23.8 Å². The lowest BCUT2D eigenvalue weighted by Crippen LogP contribution is -2.46. The molecule has 0 N–H and O–H groups in total. The van der Waals surface area contributed by atoms with Gasteiger partial charge in [-0.2, -0.15) is 10.2 Å². The van der Waals surface area contributed by atoms with Gasteiger partial charge in [-0.05, 0) is 51.8 Å². The van der Waals surface area contributed by atoms with Gasteiger partial charge in [0, 0.05) is 67.5 Å². The van der Waals surface area contributed by atoms with Crippen LogP contribution in [0.1, 0.15) is 39.7 Å². The Balaban J connectivity index is 1.06. The Morgan fingerprint density at radius 1 is 1.02 bits per heavy atom. The molecule has 2 aliphatic heterocycles. The molecule has 2 saturated heterocycles. The summed E-state index contributed by atoms with van der Waals surface area (Å²) in [5.41, 5.74) is 2.10. The van der Waals surface area contributed by atoms with Crippen molar-refractivity contribution in [1.29, 1.82) is 0 Å². The molecule has 1 amide bonds. The number of hydrogen-bond donors (Lipinski definition) is 0. The number of nitrogens with zero attached hydrogens (tertiary/aromatic N) is 8. The summed E-state index contributed by atoms with van der Waals surface area (Å²) in [6.45, 7) is 8.65. The maximum Gasteiger partial charge on any atom is 0.410 e. The Labute approximate surface area is 260 Å². The van der Waals surface area contributed by atoms with Gasteiger partial charge < -0.3 is 19.3 Å². The first-order chi connectivity index (χ1) is 21.6. The molecule has 0 bridgehead atoms. The number of benzene rings is 1. The van der Waals surface area contributed by atoms with Crippen molar-refractivity contribution < 1.29 is 18.7 Å². The van der Waals surface area contributed by atoms with Gasteiger partial charge in [0.05, 0.1) is 37.2 Å². The van der Waals surface area contributed by atoms with Crippen molar-refractivity contribution in [3.63, 3.8) is 0 Å². The summed E-state index contributed by atoms with van der Waals surface area (Å²) in [6.07, 6.45) is 8.39. The smallest absolute Gasteiger partial charge is 0.410 e. The fourth-order valence-electron chi connectivity index (χ4n) is 5.55. The Morgan fingerprint density at radius 3 is 2.53 bits per heavy atom. The molecule has 2 aliphatic rings. The third-order valence-corrected chi connectivity index (χ3v) is 7.85. The zero-order valence-electron chi connectivity index (χ0n) is 25.7. The van der Waals surface area contributed by atoms with Gasteiger partial charge in [0.25, 0.3) is 5.56 Å². The molecule has 12 nitrogen and oxygen atoms in total. The number of amides is 1. The topological polar surface area (TPSA) is 120 Å². The summed E-state index contributed by atoms with van der Waals surface area (Å²) in [6, 6.07) is 9.34. The first kappa shape index (κ1) is 30.4. The van der Waals surface area contributed by atoms with Gasteiger partial charge in [0.15, 0.2) is 0 Å². The van der Waals surface area contributed by atoms with Crippen molar-refractivity contribution in [2.24, 2.45) is 0 Å². The summed E-state index contributed by atoms with van der Waals surface area (Å²) in [4.78, 5) is 38.0. The predicted molar refractivity (Wildman–Crippen MR) is 165 cm³/mol. The third kappa shape index (κ3) is 7.36. The minimum absolute atomic E-state index is 0.194. The summed E-state index contributed by atoms with van der Waals surface area (Å²) in [5, 5.41) is 9.05. The number of piperidine rings is 1. The maximum absolute atomic E-state index is 13.7. The number of aromatic nitrogens is 6. The molecule has 0 saturated carbocycles. The van der Waals surface area contributed by atoms with Gasteiger partial charge in [-0.1, -0.05) is 12.1 Å². The monoisotopic (exact) mass is 616 g/mol. The van der Waals surface area contributed by atoms with E-state index in [1.54, 1.807) is 35.5 Å². The molecule has 6 rings (SSSR count). The SMILES string of the molecule is CC(C)(C)OC(=O)N1CCC(n2cc(-c3cnc(N4CCO[C@H](Cn5nc(-c6cccc(F)c6)ccc5=O)C4)nc3)cn2)CC1. The average molecular weight is 617 g/mol. The van der Waals surface area contributed by atoms with Crippen LogP contribution in [-0.4, -0.2) is 85.0 Å². The predicted octanol–water partition coefficient (Wildman–Crippen LogP) is 4.18. The summed E-state index contributed by atoms with van der Waals surface area (Å²) in [7, 11) is 0. The summed E-state index contributed by atoms with van der Waals surface area (Å²) < 4.78 is 28.5. The Bertz CT molecular complexity index is 1690. The minimum atomic E-state index is -0.511. The van der Waals surface area contributed by atoms with E-state index >= 15 is 0 Å². The number of morpholine rings is 1. The fraction of sp³-hybridized carbons (Fsp3) is 0.438. The van der Waals surface area contributed by atoms with Crippen LogP contribution in [0.4, 0.5) is 15.1 Å². The van der Waals surface area contributed by atoms with E-state index in [9.17, 15) is 14.0 Å². The number of anilines is 1. The van der Waals surface area contributed by atoms with Gasteiger partial charge in [-0.3, -0.25) is 9.48 Å². The molecule has 45 heavy (non-hydrogen) atoms. The lowest BCUT2D eigenvalue weighted by Gasteiger charge is -2.33. The van der Waals surface area contributed by atoms with Crippen molar-refractivity contribution in [2.45, 2.75) is 57.9 Å². The van der Waals surface area contributed by atoms with Crippen LogP contribution in [-0.2, 0) is 16.0 Å². The minimum Gasteiger partial charge on any atom is -0.444 e. The van der Waals surface area contributed by atoms with E-state index in [2.05, 4.69) is 20.2 Å². The molecule has 4 aromatic rings. The fourth-order valence-corrected chi connectivity index (χ4v) is 5.55. The van der Waals surface area contributed by atoms with Crippen LogP contribution in [0.5, 0.6) is 0 Å². The quantitative estimate of drug-likeness (QED) is 0.314. The number of ether oxygens (including phenoxy) is 2. The van der Waals surface area contributed by atoms with Crippen molar-refractivity contribution in [2.75, 3.05) is 37.7 Å². The second kappa shape index (κ2) is 12.8. The van der Waals surface area contributed by atoms with E-state index in [0.29, 0.717) is 50.0 Å². The van der Waals surface area contributed by atoms with Crippen LogP contribution in [0.2, 0.25) is 0 Å². The zero-order chi connectivity index (χ0) is 31.6. The molecular formula is C32H37FN8O4. The van der Waals surface area contributed by atoms with E-state index in [0.717, 1.165) is 24.0 Å². The second-order valence-corrected chi connectivity index (χ2v) is 12.4. The van der Waals surface area contributed by atoms with Gasteiger partial charge in [-0.15, -0.1) is 0 Å². The number of likely N-dealkylation sites (tertiary alicyclic amines) is 1. The molecule has 0 aliphatic carbocycles. The number of hydrogen-bond acceptors (Lipinski definition) is 9. The third-order valence-electron chi connectivity index (χ3n) is 7.85. The molecule has 3 aromatic heterocycles. The highest BCUT2D eigenvalue weighted by atomic mass is 19.1. The van der Waals surface area contributed by atoms with Crippen LogP contribution in [0.25, 0.3) is 22.4 Å². The van der Waals surface area contributed by atoms with Crippen LogP contribution in [0, 0.1) is 5.82 Å². The molecule has 1 atom stereocenters. The Hall–Kier alpha value is -4.65. The van der Waals surface area contributed by atoms with Gasteiger partial charge in [0.2, 0.25) is 5.95 Å². The van der Waals surface area contributed by atoms with E-state index in [1.807, 2.05) is 42.7 Å².